The first kappa shape index (κ1) is 39.2. The van der Waals surface area contributed by atoms with Crippen molar-refractivity contribution in [2.75, 3.05) is 39.4 Å². The molecular formula is C43H41ClF3N3O5. The normalized spacial score (nSPS) is 13.5. The van der Waals surface area contributed by atoms with Crippen molar-refractivity contribution < 1.29 is 36.9 Å². The van der Waals surface area contributed by atoms with Gasteiger partial charge in [-0.05, 0) is 96.8 Å². The molecule has 1 aromatic heterocycles. The molecule has 0 aliphatic carbocycles. The van der Waals surface area contributed by atoms with Gasteiger partial charge in [0.05, 0.1) is 16.8 Å². The van der Waals surface area contributed by atoms with Crippen molar-refractivity contribution >= 4 is 23.6 Å². The highest BCUT2D eigenvalue weighted by atomic mass is 35.5. The Morgan fingerprint density at radius 1 is 0.782 bits per heavy atom. The monoisotopic (exact) mass is 771 g/mol. The fraction of sp³-hybridized carbons (Fsp3) is 0.256. The summed E-state index contributed by atoms with van der Waals surface area (Å²) in [5.74, 6) is 2.70. The zero-order valence-corrected chi connectivity index (χ0v) is 31.3. The van der Waals surface area contributed by atoms with Crippen LogP contribution < -0.4 is 18.9 Å². The molecular weight excluding hydrogens is 731 g/mol. The van der Waals surface area contributed by atoms with Gasteiger partial charge in [0.2, 0.25) is 11.8 Å². The number of piperazine rings is 1. The van der Waals surface area contributed by atoms with E-state index < -0.39 is 11.7 Å². The summed E-state index contributed by atoms with van der Waals surface area (Å²) in [6.07, 6.45) is 0.388. The van der Waals surface area contributed by atoms with Gasteiger partial charge >= 0.3 is 6.18 Å². The van der Waals surface area contributed by atoms with Gasteiger partial charge in [0.1, 0.15) is 37.1 Å². The fourth-order valence-electron chi connectivity index (χ4n) is 5.86. The molecule has 0 bridgehead atoms. The summed E-state index contributed by atoms with van der Waals surface area (Å²) in [6.45, 7) is 8.49. The van der Waals surface area contributed by atoms with Crippen molar-refractivity contribution in [3.63, 3.8) is 0 Å². The molecule has 1 aliphatic rings. The molecule has 8 nitrogen and oxygen atoms in total. The van der Waals surface area contributed by atoms with Crippen LogP contribution in [0.5, 0.6) is 28.9 Å². The molecule has 1 fully saturated rings. The first-order valence-electron chi connectivity index (χ1n) is 17.8. The molecule has 5 aromatic rings. The number of carbonyl (C=O) groups excluding carboxylic acids is 1. The second-order valence-corrected chi connectivity index (χ2v) is 13.6. The predicted molar refractivity (Wildman–Crippen MR) is 206 cm³/mol. The third kappa shape index (κ3) is 11.5. The van der Waals surface area contributed by atoms with Crippen LogP contribution in [0.2, 0.25) is 5.02 Å². The highest BCUT2D eigenvalue weighted by Crippen LogP contribution is 2.34. The van der Waals surface area contributed by atoms with E-state index in [1.807, 2.05) is 61.2 Å². The van der Waals surface area contributed by atoms with Crippen molar-refractivity contribution in [1.29, 1.82) is 0 Å². The summed E-state index contributed by atoms with van der Waals surface area (Å²) < 4.78 is 61.6. The minimum atomic E-state index is -4.39. The van der Waals surface area contributed by atoms with Crippen LogP contribution in [0.4, 0.5) is 13.2 Å². The summed E-state index contributed by atoms with van der Waals surface area (Å²) in [6, 6.07) is 27.7. The molecule has 1 amide bonds. The van der Waals surface area contributed by atoms with Gasteiger partial charge in [0.15, 0.2) is 5.75 Å². The Balaban J connectivity index is 0.916. The highest BCUT2D eigenvalue weighted by molar-refractivity contribution is 6.32. The van der Waals surface area contributed by atoms with Gasteiger partial charge in [-0.2, -0.15) is 13.2 Å². The Morgan fingerprint density at radius 3 is 2.00 bits per heavy atom. The van der Waals surface area contributed by atoms with Crippen LogP contribution in [0.1, 0.15) is 33.4 Å². The molecule has 0 N–H and O–H groups in total. The molecule has 286 valence electrons. The fourth-order valence-corrected chi connectivity index (χ4v) is 6.17. The first-order chi connectivity index (χ1) is 26.5. The standard InChI is InChI=1S/C43H41ClF3N3O5/c1-30-3-12-36(13-4-30)52-23-24-53-37-14-7-32(8-15-37)28-49-19-21-50(22-20-49)41(51)18-9-34-25-31(2)42(39(44)26-34)55-40-17-16-38(27-48-40)54-29-33-5-10-35(11-6-33)43(45,46)47/h3-18,25-27H,19-24,28-29H2,1-2H3/b18-9+. The predicted octanol–water partition coefficient (Wildman–Crippen LogP) is 9.56. The number of amides is 1. The van der Waals surface area contributed by atoms with E-state index in [0.717, 1.165) is 54.4 Å². The van der Waals surface area contributed by atoms with Crippen LogP contribution >= 0.6 is 11.6 Å². The molecule has 0 atom stereocenters. The maximum absolute atomic E-state index is 13.0. The SMILES string of the molecule is Cc1ccc(OCCOc2ccc(CN3CCN(C(=O)/C=C/c4cc(C)c(Oc5ccc(OCc6ccc(C(F)(F)F)cc6)cn5)c(Cl)c4)CC3)cc2)cc1. The van der Waals surface area contributed by atoms with E-state index in [2.05, 4.69) is 22.0 Å². The van der Waals surface area contributed by atoms with Crippen molar-refractivity contribution in [3.05, 3.63) is 148 Å². The molecule has 1 aliphatic heterocycles. The van der Waals surface area contributed by atoms with Crippen LogP contribution in [0, 0.1) is 13.8 Å². The van der Waals surface area contributed by atoms with E-state index >= 15 is 0 Å². The van der Waals surface area contributed by atoms with Crippen LogP contribution in [-0.4, -0.2) is 60.1 Å². The van der Waals surface area contributed by atoms with Gasteiger partial charge in [-0.15, -0.1) is 0 Å². The quantitative estimate of drug-likeness (QED) is 0.0823. The van der Waals surface area contributed by atoms with Crippen molar-refractivity contribution in [2.45, 2.75) is 33.2 Å². The summed E-state index contributed by atoms with van der Waals surface area (Å²) in [5.41, 5.74) is 3.76. The second kappa shape index (κ2) is 18.2. The molecule has 2 heterocycles. The topological polar surface area (TPSA) is 73.4 Å². The van der Waals surface area contributed by atoms with Crippen molar-refractivity contribution in [2.24, 2.45) is 0 Å². The van der Waals surface area contributed by atoms with Crippen molar-refractivity contribution in [1.82, 2.24) is 14.8 Å². The van der Waals surface area contributed by atoms with Crippen LogP contribution in [0.25, 0.3) is 6.08 Å². The Labute approximate surface area is 323 Å². The lowest BCUT2D eigenvalue weighted by Gasteiger charge is -2.34. The molecule has 12 heteroatoms. The number of alkyl halides is 3. The van der Waals surface area contributed by atoms with Gasteiger partial charge in [-0.1, -0.05) is 53.6 Å². The number of carbonyl (C=O) groups is 1. The van der Waals surface area contributed by atoms with E-state index in [4.69, 9.17) is 30.5 Å². The van der Waals surface area contributed by atoms with Crippen LogP contribution in [0.15, 0.2) is 109 Å². The third-order valence-electron chi connectivity index (χ3n) is 8.93. The largest absolute Gasteiger partial charge is 0.490 e. The maximum atomic E-state index is 13.0. The number of hydrogen-bond acceptors (Lipinski definition) is 7. The number of ether oxygens (including phenoxy) is 4. The minimum absolute atomic E-state index is 0.0635. The Morgan fingerprint density at radius 2 is 1.40 bits per heavy atom. The lowest BCUT2D eigenvalue weighted by atomic mass is 10.1. The lowest BCUT2D eigenvalue weighted by Crippen LogP contribution is -2.47. The van der Waals surface area contributed by atoms with E-state index in [1.54, 1.807) is 30.4 Å². The number of aromatic nitrogens is 1. The van der Waals surface area contributed by atoms with Crippen LogP contribution in [0.3, 0.4) is 0 Å². The van der Waals surface area contributed by atoms with Gasteiger partial charge in [0, 0.05) is 44.9 Å². The van der Waals surface area contributed by atoms with Gasteiger partial charge in [-0.3, -0.25) is 9.69 Å². The maximum Gasteiger partial charge on any atom is 0.416 e. The molecule has 0 spiro atoms. The summed E-state index contributed by atoms with van der Waals surface area (Å²) in [5, 5.41) is 0.358. The molecule has 1 saturated heterocycles. The number of nitrogens with zero attached hydrogens (tertiary/aromatic N) is 3. The van der Waals surface area contributed by atoms with E-state index in [9.17, 15) is 18.0 Å². The zero-order valence-electron chi connectivity index (χ0n) is 30.5. The van der Waals surface area contributed by atoms with Crippen molar-refractivity contribution in [3.8, 4) is 28.9 Å². The summed E-state index contributed by atoms with van der Waals surface area (Å²) >= 11 is 6.59. The summed E-state index contributed by atoms with van der Waals surface area (Å²) in [7, 11) is 0. The Kier molecular flexibility index (Phi) is 13.0. The number of benzene rings is 4. The number of halogens is 4. The highest BCUT2D eigenvalue weighted by Gasteiger charge is 2.30. The second-order valence-electron chi connectivity index (χ2n) is 13.2. The van der Waals surface area contributed by atoms with E-state index in [-0.39, 0.29) is 18.4 Å². The molecule has 6 rings (SSSR count). The smallest absolute Gasteiger partial charge is 0.416 e. The lowest BCUT2D eigenvalue weighted by molar-refractivity contribution is -0.137. The number of pyridine rings is 1. The Hall–Kier alpha value is -5.52. The van der Waals surface area contributed by atoms with Crippen LogP contribution in [-0.2, 0) is 24.1 Å². The molecule has 55 heavy (non-hydrogen) atoms. The zero-order chi connectivity index (χ0) is 38.8. The van der Waals surface area contributed by atoms with E-state index in [1.165, 1.54) is 29.5 Å². The van der Waals surface area contributed by atoms with Gasteiger partial charge in [-0.25, -0.2) is 4.98 Å². The van der Waals surface area contributed by atoms with Gasteiger partial charge < -0.3 is 23.8 Å². The summed E-state index contributed by atoms with van der Waals surface area (Å²) in [4.78, 5) is 21.5. The number of aryl methyl sites for hydroxylation is 2. The number of rotatable bonds is 14. The molecule has 0 unspecified atom stereocenters. The number of hydrogen-bond donors (Lipinski definition) is 0. The first-order valence-corrected chi connectivity index (χ1v) is 18.2. The van der Waals surface area contributed by atoms with Gasteiger partial charge in [0.25, 0.3) is 0 Å². The Bertz CT molecular complexity index is 2030. The molecule has 0 saturated carbocycles. The van der Waals surface area contributed by atoms with E-state index in [0.29, 0.717) is 48.4 Å². The average molecular weight is 772 g/mol. The molecule has 0 radical (unpaired) electrons. The average Bonchev–Trinajstić information content (AvgIpc) is 3.18. The molecule has 4 aromatic carbocycles. The minimum Gasteiger partial charge on any atom is -0.490 e. The third-order valence-corrected chi connectivity index (χ3v) is 9.21.